The molecule has 0 aromatic heterocycles. The number of carbonyl (C=O) groups excluding carboxylic acids is 1. The summed E-state index contributed by atoms with van der Waals surface area (Å²) in [4.78, 5) is 10.9. The van der Waals surface area contributed by atoms with Crippen molar-refractivity contribution in [1.82, 2.24) is 0 Å². The highest BCUT2D eigenvalue weighted by Crippen LogP contribution is 2.27. The average molecular weight is 298 g/mol. The van der Waals surface area contributed by atoms with E-state index in [0.717, 1.165) is 10.0 Å². The monoisotopic (exact) mass is 296 g/mol. The Morgan fingerprint density at radius 2 is 2.21 bits per heavy atom. The lowest BCUT2D eigenvalue weighted by molar-refractivity contribution is 0.108. The van der Waals surface area contributed by atoms with Gasteiger partial charge in [-0.1, -0.05) is 27.5 Å². The minimum absolute atomic E-state index is 0.292. The van der Waals surface area contributed by atoms with E-state index in [1.165, 1.54) is 0 Å². The standard InChI is InChI=1S/C9H7BrCl2O2/c1-14-4-5-2-8(11)6(9(12)13)3-7(5)10/h2-3H,4H2,1H3. The predicted molar refractivity (Wildman–Crippen MR) is 60.0 cm³/mol. The van der Waals surface area contributed by atoms with Crippen molar-refractivity contribution in [1.29, 1.82) is 0 Å². The Hall–Kier alpha value is -0.0900. The van der Waals surface area contributed by atoms with E-state index in [2.05, 4.69) is 15.9 Å². The molecule has 0 atom stereocenters. The molecule has 5 heteroatoms. The summed E-state index contributed by atoms with van der Waals surface area (Å²) >= 11 is 14.5. The van der Waals surface area contributed by atoms with Crippen molar-refractivity contribution in [2.75, 3.05) is 7.11 Å². The van der Waals surface area contributed by atoms with Crippen LogP contribution in [-0.4, -0.2) is 12.4 Å². The molecule has 1 rings (SSSR count). The smallest absolute Gasteiger partial charge is 0.253 e. The van der Waals surface area contributed by atoms with Gasteiger partial charge in [-0.2, -0.15) is 0 Å². The first-order valence-electron chi connectivity index (χ1n) is 3.73. The van der Waals surface area contributed by atoms with E-state index in [-0.39, 0.29) is 0 Å². The predicted octanol–water partition coefficient (Wildman–Crippen LogP) is 3.63. The number of carbonyl (C=O) groups is 1. The van der Waals surface area contributed by atoms with Gasteiger partial charge in [-0.15, -0.1) is 0 Å². The summed E-state index contributed by atoms with van der Waals surface area (Å²) in [5.41, 5.74) is 1.17. The van der Waals surface area contributed by atoms with Gasteiger partial charge in [0.2, 0.25) is 0 Å². The van der Waals surface area contributed by atoms with Crippen LogP contribution in [0.15, 0.2) is 16.6 Å². The molecule has 0 aliphatic heterocycles. The Balaban J connectivity index is 3.17. The Morgan fingerprint density at radius 1 is 1.57 bits per heavy atom. The summed E-state index contributed by atoms with van der Waals surface area (Å²) in [7, 11) is 1.58. The summed E-state index contributed by atoms with van der Waals surface area (Å²) in [6.07, 6.45) is 0. The molecule has 0 heterocycles. The van der Waals surface area contributed by atoms with Crippen LogP contribution in [0.5, 0.6) is 0 Å². The summed E-state index contributed by atoms with van der Waals surface area (Å²) in [6.45, 7) is 0.428. The van der Waals surface area contributed by atoms with Crippen molar-refractivity contribution in [2.24, 2.45) is 0 Å². The molecule has 0 saturated heterocycles. The van der Waals surface area contributed by atoms with Gasteiger partial charge in [0.15, 0.2) is 0 Å². The fourth-order valence-electron chi connectivity index (χ4n) is 1.00. The fourth-order valence-corrected chi connectivity index (χ4v) is 1.94. The second kappa shape index (κ2) is 5.12. The molecule has 0 aliphatic carbocycles. The summed E-state index contributed by atoms with van der Waals surface area (Å²) < 4.78 is 5.71. The molecule has 0 aliphatic rings. The third-order valence-electron chi connectivity index (χ3n) is 1.65. The zero-order valence-corrected chi connectivity index (χ0v) is 10.4. The lowest BCUT2D eigenvalue weighted by atomic mass is 10.1. The van der Waals surface area contributed by atoms with Crippen molar-refractivity contribution in [3.63, 3.8) is 0 Å². The summed E-state index contributed by atoms with van der Waals surface area (Å²) in [6, 6.07) is 3.25. The molecular weight excluding hydrogens is 291 g/mol. The van der Waals surface area contributed by atoms with Gasteiger partial charge in [-0.05, 0) is 29.3 Å². The Labute approximate surface area is 100 Å². The first-order chi connectivity index (χ1) is 6.56. The average Bonchev–Trinajstić information content (AvgIpc) is 2.10. The van der Waals surface area contributed by atoms with E-state index in [9.17, 15) is 4.79 Å². The van der Waals surface area contributed by atoms with Gasteiger partial charge in [0.05, 0.1) is 17.2 Å². The van der Waals surface area contributed by atoms with Crippen LogP contribution in [0.4, 0.5) is 0 Å². The number of methoxy groups -OCH3 is 1. The molecule has 2 nitrogen and oxygen atoms in total. The van der Waals surface area contributed by atoms with Crippen LogP contribution in [0.3, 0.4) is 0 Å². The molecule has 0 amide bonds. The highest BCUT2D eigenvalue weighted by Gasteiger charge is 2.11. The largest absolute Gasteiger partial charge is 0.380 e. The molecule has 0 unspecified atom stereocenters. The topological polar surface area (TPSA) is 26.3 Å². The van der Waals surface area contributed by atoms with Crippen LogP contribution in [0.25, 0.3) is 0 Å². The normalized spacial score (nSPS) is 10.3. The number of benzene rings is 1. The summed E-state index contributed by atoms with van der Waals surface area (Å²) in [5.74, 6) is 0. The molecule has 14 heavy (non-hydrogen) atoms. The first kappa shape index (κ1) is 12.0. The zero-order chi connectivity index (χ0) is 10.7. The van der Waals surface area contributed by atoms with Gasteiger partial charge >= 0.3 is 0 Å². The molecule has 0 radical (unpaired) electrons. The van der Waals surface area contributed by atoms with E-state index in [1.807, 2.05) is 0 Å². The van der Waals surface area contributed by atoms with Gasteiger partial charge in [0, 0.05) is 11.6 Å². The Kier molecular flexibility index (Phi) is 4.38. The van der Waals surface area contributed by atoms with E-state index in [0.29, 0.717) is 17.2 Å². The Bertz CT molecular complexity index is 366. The van der Waals surface area contributed by atoms with Gasteiger partial charge in [0.25, 0.3) is 5.24 Å². The maximum absolute atomic E-state index is 10.9. The molecule has 76 valence electrons. The highest BCUT2D eigenvalue weighted by molar-refractivity contribution is 9.10. The van der Waals surface area contributed by atoms with Crippen LogP contribution in [0, 0.1) is 0 Å². The van der Waals surface area contributed by atoms with Crippen LogP contribution in [-0.2, 0) is 11.3 Å². The number of hydrogen-bond donors (Lipinski definition) is 0. The van der Waals surface area contributed by atoms with Crippen LogP contribution in [0.1, 0.15) is 15.9 Å². The van der Waals surface area contributed by atoms with E-state index < -0.39 is 5.24 Å². The van der Waals surface area contributed by atoms with E-state index >= 15 is 0 Å². The molecule has 0 fully saturated rings. The van der Waals surface area contributed by atoms with Crippen molar-refractivity contribution in [3.05, 3.63) is 32.8 Å². The van der Waals surface area contributed by atoms with Crippen molar-refractivity contribution < 1.29 is 9.53 Å². The third-order valence-corrected chi connectivity index (χ3v) is 2.90. The molecule has 0 spiro atoms. The molecule has 1 aromatic rings. The van der Waals surface area contributed by atoms with Crippen LogP contribution in [0.2, 0.25) is 5.02 Å². The zero-order valence-electron chi connectivity index (χ0n) is 7.31. The van der Waals surface area contributed by atoms with E-state index in [1.54, 1.807) is 19.2 Å². The van der Waals surface area contributed by atoms with Gasteiger partial charge < -0.3 is 4.74 Å². The second-order valence-corrected chi connectivity index (χ2v) is 4.24. The second-order valence-electron chi connectivity index (χ2n) is 2.63. The molecule has 0 saturated carbocycles. The van der Waals surface area contributed by atoms with Gasteiger partial charge in [-0.25, -0.2) is 0 Å². The Morgan fingerprint density at radius 3 is 2.71 bits per heavy atom. The summed E-state index contributed by atoms with van der Waals surface area (Å²) in [5, 5.41) is -0.236. The number of hydrogen-bond acceptors (Lipinski definition) is 2. The van der Waals surface area contributed by atoms with Crippen molar-refractivity contribution in [2.45, 2.75) is 6.61 Å². The maximum atomic E-state index is 10.9. The first-order valence-corrected chi connectivity index (χ1v) is 5.28. The quantitative estimate of drug-likeness (QED) is 0.797. The number of ether oxygens (including phenoxy) is 1. The fraction of sp³-hybridized carbons (Fsp3) is 0.222. The number of rotatable bonds is 3. The minimum Gasteiger partial charge on any atom is -0.380 e. The molecule has 0 N–H and O–H groups in total. The van der Waals surface area contributed by atoms with Gasteiger partial charge in [0.1, 0.15) is 0 Å². The number of halogens is 3. The lowest BCUT2D eigenvalue weighted by Gasteiger charge is -2.06. The molecule has 0 bridgehead atoms. The van der Waals surface area contributed by atoms with Gasteiger partial charge in [-0.3, -0.25) is 4.79 Å². The van der Waals surface area contributed by atoms with E-state index in [4.69, 9.17) is 27.9 Å². The van der Waals surface area contributed by atoms with Crippen LogP contribution < -0.4 is 0 Å². The molecular formula is C9H7BrCl2O2. The van der Waals surface area contributed by atoms with Crippen molar-refractivity contribution in [3.8, 4) is 0 Å². The van der Waals surface area contributed by atoms with Crippen molar-refractivity contribution >= 4 is 44.4 Å². The molecule has 1 aromatic carbocycles. The van der Waals surface area contributed by atoms with Crippen LogP contribution >= 0.6 is 39.1 Å². The third kappa shape index (κ3) is 2.70. The lowest BCUT2D eigenvalue weighted by Crippen LogP contribution is -1.95. The minimum atomic E-state index is -0.570. The highest BCUT2D eigenvalue weighted by atomic mass is 79.9. The maximum Gasteiger partial charge on any atom is 0.253 e. The SMILES string of the molecule is COCc1cc(Cl)c(C(=O)Cl)cc1Br.